The molecular weight excluding hydrogens is 715 g/mol. The van der Waals surface area contributed by atoms with Crippen LogP contribution < -0.4 is 15.5 Å². The molecule has 4 aromatic rings. The van der Waals surface area contributed by atoms with Gasteiger partial charge in [0.15, 0.2) is 0 Å². The van der Waals surface area contributed by atoms with Gasteiger partial charge in [0.2, 0.25) is 0 Å². The number of nitrogens with zero attached hydrogens (tertiary/aromatic N) is 1. The lowest BCUT2D eigenvalue weighted by Crippen LogP contribution is -2.38. The van der Waals surface area contributed by atoms with Gasteiger partial charge in [-0.25, -0.2) is 0 Å². The lowest BCUT2D eigenvalue weighted by Gasteiger charge is -2.34. The molecule has 6 heteroatoms. The highest BCUT2D eigenvalue weighted by Gasteiger charge is 2.17. The highest BCUT2D eigenvalue weighted by Crippen LogP contribution is 2.25. The first-order chi connectivity index (χ1) is 26.8. The Labute approximate surface area is 359 Å². The van der Waals surface area contributed by atoms with E-state index < -0.39 is 0 Å². The first kappa shape index (κ1) is 60.5. The van der Waals surface area contributed by atoms with Gasteiger partial charge in [0.1, 0.15) is 6.73 Å². The average Bonchev–Trinajstić information content (AvgIpc) is 3.18. The summed E-state index contributed by atoms with van der Waals surface area (Å²) in [5.74, 6) is -0.203. The zero-order valence-electron chi connectivity index (χ0n) is 40.1. The Morgan fingerprint density at radius 2 is 1.00 bits per heavy atom. The van der Waals surface area contributed by atoms with Gasteiger partial charge >= 0.3 is 5.97 Å². The second kappa shape index (κ2) is 33.8. The lowest BCUT2D eigenvalue weighted by molar-refractivity contribution is -0.144. The van der Waals surface area contributed by atoms with E-state index in [2.05, 4.69) is 132 Å². The summed E-state index contributed by atoms with van der Waals surface area (Å²) in [4.78, 5) is 13.8. The van der Waals surface area contributed by atoms with Crippen LogP contribution in [0.3, 0.4) is 0 Å². The number of esters is 1. The predicted molar refractivity (Wildman–Crippen MR) is 261 cm³/mol. The van der Waals surface area contributed by atoms with Crippen LogP contribution in [0.4, 0.5) is 17.1 Å². The van der Waals surface area contributed by atoms with Crippen LogP contribution in [0.1, 0.15) is 147 Å². The standard InChI is InChI=1S/C17H22N2.C14H21NO2.C12H18O.4C2H6.CH4/c1-17(2,3)19(4)16-12-10-15(11-13-16)18-14-8-6-5-7-9-14;1-11-5-7-12(8-6-11)9-13(16)17-10-15-14(2,3)4;1-10-5-7-11(8-6-10)9-13-12(2,3)4;4*1-2;/h5-13,18H,1-4H3;5-8,15H,9-10H2,1-4H3;5-8H,9H2,1-4H3;4*1-2H3;1H4. The van der Waals surface area contributed by atoms with Crippen LogP contribution in [-0.2, 0) is 27.3 Å². The molecule has 6 nitrogen and oxygen atoms in total. The van der Waals surface area contributed by atoms with Gasteiger partial charge in [0, 0.05) is 35.2 Å². The Bertz CT molecular complexity index is 1500. The van der Waals surface area contributed by atoms with Gasteiger partial charge in [0.05, 0.1) is 18.6 Å². The molecular formula is C52H89N3O3. The molecule has 0 atom stereocenters. The summed E-state index contributed by atoms with van der Waals surface area (Å²) < 4.78 is 10.8. The zero-order valence-corrected chi connectivity index (χ0v) is 40.1. The molecule has 0 saturated carbocycles. The van der Waals surface area contributed by atoms with Crippen LogP contribution >= 0.6 is 0 Å². The van der Waals surface area contributed by atoms with E-state index in [1.54, 1.807) is 0 Å². The van der Waals surface area contributed by atoms with Crippen molar-refractivity contribution in [2.45, 2.75) is 169 Å². The Morgan fingerprint density at radius 3 is 1.40 bits per heavy atom. The number of nitrogens with one attached hydrogen (secondary N) is 2. The normalized spacial score (nSPS) is 10.0. The summed E-state index contributed by atoms with van der Waals surface area (Å²) in [6.45, 7) is 40.0. The molecule has 0 unspecified atom stereocenters. The van der Waals surface area contributed by atoms with Crippen molar-refractivity contribution < 1.29 is 14.3 Å². The molecule has 4 rings (SSSR count). The molecule has 0 spiro atoms. The summed E-state index contributed by atoms with van der Waals surface area (Å²) in [6, 6.07) is 35.1. The first-order valence-corrected chi connectivity index (χ1v) is 21.1. The number of benzene rings is 4. The van der Waals surface area contributed by atoms with E-state index in [-0.39, 0.29) is 36.8 Å². The van der Waals surface area contributed by atoms with Gasteiger partial charge in [-0.1, -0.05) is 141 Å². The Morgan fingerprint density at radius 1 is 0.586 bits per heavy atom. The summed E-state index contributed by atoms with van der Waals surface area (Å²) in [5, 5.41) is 6.49. The van der Waals surface area contributed by atoms with E-state index in [4.69, 9.17) is 9.47 Å². The minimum Gasteiger partial charge on any atom is -0.449 e. The van der Waals surface area contributed by atoms with Crippen molar-refractivity contribution in [1.29, 1.82) is 0 Å². The van der Waals surface area contributed by atoms with Crippen LogP contribution in [0.5, 0.6) is 0 Å². The van der Waals surface area contributed by atoms with E-state index in [0.717, 1.165) is 16.9 Å². The van der Waals surface area contributed by atoms with Crippen molar-refractivity contribution in [3.8, 4) is 0 Å². The summed E-state index contributed by atoms with van der Waals surface area (Å²) in [5.41, 5.74) is 8.19. The molecule has 0 fully saturated rings. The first-order valence-electron chi connectivity index (χ1n) is 21.1. The number of ether oxygens (including phenoxy) is 2. The monoisotopic (exact) mass is 804 g/mol. The molecule has 58 heavy (non-hydrogen) atoms. The van der Waals surface area contributed by atoms with E-state index in [1.807, 2.05) is 126 Å². The van der Waals surface area contributed by atoms with Crippen molar-refractivity contribution in [2.24, 2.45) is 0 Å². The molecule has 4 aromatic carbocycles. The quantitative estimate of drug-likeness (QED) is 0.130. The zero-order chi connectivity index (χ0) is 44.7. The van der Waals surface area contributed by atoms with E-state index in [0.29, 0.717) is 13.0 Å². The predicted octanol–water partition coefficient (Wildman–Crippen LogP) is 15.1. The van der Waals surface area contributed by atoms with Gasteiger partial charge in [-0.15, -0.1) is 0 Å². The highest BCUT2D eigenvalue weighted by atomic mass is 16.5. The smallest absolute Gasteiger partial charge is 0.311 e. The van der Waals surface area contributed by atoms with Crippen molar-refractivity contribution in [3.63, 3.8) is 0 Å². The molecule has 0 amide bonds. The SMILES string of the molecule is C.CC.CC.CC.CC.CN(c1ccc(Nc2ccccc2)cc1)C(C)(C)C.Cc1ccc(CC(=O)OCNC(C)(C)C)cc1.Cc1ccc(COC(C)(C)C)cc1. The fourth-order valence-electron chi connectivity index (χ4n) is 4.08. The van der Waals surface area contributed by atoms with Crippen LogP contribution in [0.25, 0.3) is 0 Å². The summed E-state index contributed by atoms with van der Waals surface area (Å²) in [7, 11) is 2.12. The van der Waals surface area contributed by atoms with E-state index in [9.17, 15) is 4.79 Å². The molecule has 330 valence electrons. The molecule has 0 radical (unpaired) electrons. The minimum absolute atomic E-state index is 0. The number of anilines is 3. The van der Waals surface area contributed by atoms with Crippen molar-refractivity contribution in [3.05, 3.63) is 125 Å². The number of carbonyl (C=O) groups excluding carboxylic acids is 1. The average molecular weight is 804 g/mol. The molecule has 0 aliphatic heterocycles. The van der Waals surface area contributed by atoms with E-state index >= 15 is 0 Å². The van der Waals surface area contributed by atoms with Gasteiger partial charge < -0.3 is 19.7 Å². The van der Waals surface area contributed by atoms with E-state index in [1.165, 1.54) is 22.4 Å². The van der Waals surface area contributed by atoms with Crippen molar-refractivity contribution in [2.75, 3.05) is 24.0 Å². The molecule has 0 bridgehead atoms. The third-order valence-electron chi connectivity index (χ3n) is 7.42. The maximum Gasteiger partial charge on any atom is 0.311 e. The van der Waals surface area contributed by atoms with Gasteiger partial charge in [-0.2, -0.15) is 0 Å². The Kier molecular flexibility index (Phi) is 35.3. The molecule has 0 saturated heterocycles. The third-order valence-corrected chi connectivity index (χ3v) is 7.42. The Hall–Kier alpha value is -4.13. The van der Waals surface area contributed by atoms with Crippen LogP contribution in [0, 0.1) is 13.8 Å². The number of hydrogen-bond acceptors (Lipinski definition) is 6. The molecule has 0 aromatic heterocycles. The number of carbonyl (C=O) groups is 1. The lowest BCUT2D eigenvalue weighted by atomic mass is 10.1. The number of para-hydroxylation sites is 1. The van der Waals surface area contributed by atoms with Crippen LogP contribution in [-0.4, -0.2) is 36.4 Å². The van der Waals surface area contributed by atoms with Gasteiger partial charge in [-0.05, 0) is 124 Å². The minimum atomic E-state index is -0.203. The fraction of sp³-hybridized carbons (Fsp3) is 0.519. The second-order valence-corrected chi connectivity index (χ2v) is 15.4. The fourth-order valence-corrected chi connectivity index (χ4v) is 4.08. The Balaban J connectivity index is -0.000000348. The maximum absolute atomic E-state index is 11.5. The van der Waals surface area contributed by atoms with Crippen LogP contribution in [0.15, 0.2) is 103 Å². The topological polar surface area (TPSA) is 62.8 Å². The highest BCUT2D eigenvalue weighted by molar-refractivity contribution is 5.72. The number of rotatable bonds is 9. The van der Waals surface area contributed by atoms with Crippen molar-refractivity contribution in [1.82, 2.24) is 5.32 Å². The molecule has 0 aliphatic carbocycles. The second-order valence-electron chi connectivity index (χ2n) is 15.4. The summed E-state index contributed by atoms with van der Waals surface area (Å²) >= 11 is 0. The van der Waals surface area contributed by atoms with Crippen LogP contribution in [0.2, 0.25) is 0 Å². The van der Waals surface area contributed by atoms with Gasteiger partial charge in [0.25, 0.3) is 0 Å². The molecule has 0 aliphatic rings. The number of aryl methyl sites for hydroxylation is 2. The molecule has 0 heterocycles. The maximum atomic E-state index is 11.5. The summed E-state index contributed by atoms with van der Waals surface area (Å²) in [6.07, 6.45) is 0.325. The van der Waals surface area contributed by atoms with Gasteiger partial charge in [-0.3, -0.25) is 10.1 Å². The molecule has 2 N–H and O–H groups in total. The van der Waals surface area contributed by atoms with Crippen molar-refractivity contribution >= 4 is 23.0 Å². The third kappa shape index (κ3) is 31.9. The number of hydrogen-bond donors (Lipinski definition) is 2. The largest absolute Gasteiger partial charge is 0.449 e.